The Kier molecular flexibility index (Phi) is 6.01. The lowest BCUT2D eigenvalue weighted by Gasteiger charge is -2.36. The summed E-state index contributed by atoms with van der Waals surface area (Å²) >= 11 is 0. The minimum atomic E-state index is -3.30. The van der Waals surface area contributed by atoms with Gasteiger partial charge in [0.15, 0.2) is 0 Å². The number of carbonyl (C=O) groups is 2. The lowest BCUT2D eigenvalue weighted by molar-refractivity contribution is -0.142. The van der Waals surface area contributed by atoms with Crippen LogP contribution >= 0.6 is 0 Å². The Bertz CT molecular complexity index is 921. The second-order valence-electron chi connectivity index (χ2n) is 7.65. The summed E-state index contributed by atoms with van der Waals surface area (Å²) in [6, 6.07) is 15.1. The van der Waals surface area contributed by atoms with Gasteiger partial charge >= 0.3 is 6.03 Å². The van der Waals surface area contributed by atoms with E-state index in [1.54, 1.807) is 17.0 Å². The van der Waals surface area contributed by atoms with E-state index in [2.05, 4.69) is 5.32 Å². The van der Waals surface area contributed by atoms with Gasteiger partial charge in [-0.2, -0.15) is 0 Å². The fourth-order valence-corrected chi connectivity index (χ4v) is 3.90. The van der Waals surface area contributed by atoms with Gasteiger partial charge in [0.1, 0.15) is 0 Å². The van der Waals surface area contributed by atoms with Crippen molar-refractivity contribution in [1.29, 1.82) is 0 Å². The van der Waals surface area contributed by atoms with Crippen molar-refractivity contribution in [1.82, 2.24) is 9.80 Å². The summed E-state index contributed by atoms with van der Waals surface area (Å²) in [6.45, 7) is 2.35. The molecule has 1 saturated heterocycles. The Morgan fingerprint density at radius 3 is 1.94 bits per heavy atom. The van der Waals surface area contributed by atoms with Crippen LogP contribution in [0.25, 0.3) is 0 Å². The number of piperazine rings is 1. The molecule has 6 nitrogen and oxygen atoms in total. The number of urea groups is 1. The summed E-state index contributed by atoms with van der Waals surface area (Å²) in [5.41, 5.74) is 3.84. The zero-order valence-corrected chi connectivity index (χ0v) is 16.8. The molecule has 0 aromatic heterocycles. The molecule has 2 aliphatic rings. The minimum Gasteiger partial charge on any atom is -0.368 e. The molecule has 31 heavy (non-hydrogen) atoms. The third-order valence-electron chi connectivity index (χ3n) is 5.66. The standard InChI is InChI=1S/C22H23F3N4O2/c23-19(20(24)25)21(30)28-11-9-27(10-12-28)18-7-5-17(6-8-18)26-22(31)29-13-15-3-1-2-4-16(15)14-29/h1-8,19-20H,9-14H2,(H,26,31). The van der Waals surface area contributed by atoms with Gasteiger partial charge in [0.25, 0.3) is 12.3 Å². The highest BCUT2D eigenvalue weighted by Crippen LogP contribution is 2.24. The van der Waals surface area contributed by atoms with Gasteiger partial charge in [-0.05, 0) is 35.4 Å². The first-order valence-corrected chi connectivity index (χ1v) is 10.1. The summed E-state index contributed by atoms with van der Waals surface area (Å²) in [7, 11) is 0. The first-order valence-electron chi connectivity index (χ1n) is 10.1. The molecule has 0 bridgehead atoms. The van der Waals surface area contributed by atoms with E-state index >= 15 is 0 Å². The minimum absolute atomic E-state index is 0.170. The van der Waals surface area contributed by atoms with E-state index in [1.165, 1.54) is 0 Å². The first-order chi connectivity index (χ1) is 14.9. The zero-order chi connectivity index (χ0) is 22.0. The van der Waals surface area contributed by atoms with Crippen LogP contribution in [0.3, 0.4) is 0 Å². The molecular formula is C22H23F3N4O2. The third-order valence-corrected chi connectivity index (χ3v) is 5.66. The Balaban J connectivity index is 1.29. The van der Waals surface area contributed by atoms with E-state index in [-0.39, 0.29) is 19.1 Å². The fraction of sp³-hybridized carbons (Fsp3) is 0.364. The van der Waals surface area contributed by atoms with E-state index in [9.17, 15) is 22.8 Å². The van der Waals surface area contributed by atoms with Gasteiger partial charge in [-0.3, -0.25) is 4.79 Å². The molecule has 2 aromatic rings. The van der Waals surface area contributed by atoms with Gasteiger partial charge in [0, 0.05) is 50.6 Å². The summed E-state index contributed by atoms with van der Waals surface area (Å²) in [4.78, 5) is 29.1. The lowest BCUT2D eigenvalue weighted by atomic mass is 10.1. The number of nitrogens with zero attached hydrogens (tertiary/aromatic N) is 3. The van der Waals surface area contributed by atoms with Crippen LogP contribution in [0.2, 0.25) is 0 Å². The Morgan fingerprint density at radius 2 is 1.39 bits per heavy atom. The molecule has 9 heteroatoms. The molecule has 0 spiro atoms. The van der Waals surface area contributed by atoms with Crippen LogP contribution < -0.4 is 10.2 Å². The van der Waals surface area contributed by atoms with Crippen molar-refractivity contribution in [3.05, 3.63) is 59.7 Å². The maximum atomic E-state index is 13.3. The molecule has 1 unspecified atom stereocenters. The molecule has 2 aliphatic heterocycles. The van der Waals surface area contributed by atoms with Crippen LogP contribution in [0.15, 0.2) is 48.5 Å². The number of benzene rings is 2. The number of alkyl halides is 3. The highest BCUT2D eigenvalue weighted by atomic mass is 19.3. The molecule has 2 heterocycles. The van der Waals surface area contributed by atoms with Gasteiger partial charge in [-0.15, -0.1) is 0 Å². The normalized spacial score (nSPS) is 17.0. The molecule has 0 aliphatic carbocycles. The molecule has 1 fully saturated rings. The second-order valence-corrected chi connectivity index (χ2v) is 7.65. The highest BCUT2D eigenvalue weighted by Gasteiger charge is 2.33. The van der Waals surface area contributed by atoms with Crippen LogP contribution in [-0.4, -0.2) is 60.5 Å². The Hall–Kier alpha value is -3.23. The Labute approximate surface area is 178 Å². The molecule has 4 rings (SSSR count). The topological polar surface area (TPSA) is 55.9 Å². The third kappa shape index (κ3) is 4.60. The number of anilines is 2. The average Bonchev–Trinajstić information content (AvgIpc) is 3.23. The number of hydrogen-bond donors (Lipinski definition) is 1. The monoisotopic (exact) mass is 432 g/mol. The second kappa shape index (κ2) is 8.87. The van der Waals surface area contributed by atoms with Crippen molar-refractivity contribution in [2.45, 2.75) is 25.7 Å². The molecule has 0 saturated carbocycles. The lowest BCUT2D eigenvalue weighted by Crippen LogP contribution is -2.51. The predicted octanol–water partition coefficient (Wildman–Crippen LogP) is 3.49. The Morgan fingerprint density at radius 1 is 0.806 bits per heavy atom. The summed E-state index contributed by atoms with van der Waals surface area (Å²) < 4.78 is 38.1. The van der Waals surface area contributed by atoms with E-state index in [4.69, 9.17) is 0 Å². The van der Waals surface area contributed by atoms with Crippen molar-refractivity contribution in [3.63, 3.8) is 0 Å². The van der Waals surface area contributed by atoms with Crippen molar-refractivity contribution in [2.75, 3.05) is 36.4 Å². The molecule has 0 radical (unpaired) electrons. The SMILES string of the molecule is O=C(Nc1ccc(N2CCN(C(=O)C(F)C(F)F)CC2)cc1)N1Cc2ccccc2C1. The molecule has 1 N–H and O–H groups in total. The molecule has 2 aromatic carbocycles. The van der Waals surface area contributed by atoms with E-state index in [0.29, 0.717) is 31.9 Å². The number of amides is 3. The van der Waals surface area contributed by atoms with Gasteiger partial charge in [-0.1, -0.05) is 24.3 Å². The van der Waals surface area contributed by atoms with Crippen LogP contribution in [0.5, 0.6) is 0 Å². The van der Waals surface area contributed by atoms with Crippen LogP contribution in [0.1, 0.15) is 11.1 Å². The average molecular weight is 432 g/mol. The van der Waals surface area contributed by atoms with E-state index in [1.807, 2.05) is 41.3 Å². The number of fused-ring (bicyclic) bond motifs is 1. The maximum Gasteiger partial charge on any atom is 0.322 e. The number of hydrogen-bond acceptors (Lipinski definition) is 3. The summed E-state index contributed by atoms with van der Waals surface area (Å²) in [5, 5.41) is 2.90. The van der Waals surface area contributed by atoms with Crippen LogP contribution in [0, 0.1) is 0 Å². The zero-order valence-electron chi connectivity index (χ0n) is 16.8. The van der Waals surface area contributed by atoms with Crippen molar-refractivity contribution in [3.8, 4) is 0 Å². The molecule has 1 atom stereocenters. The fourth-order valence-electron chi connectivity index (χ4n) is 3.90. The highest BCUT2D eigenvalue weighted by molar-refractivity contribution is 5.90. The maximum absolute atomic E-state index is 13.3. The molecular weight excluding hydrogens is 409 g/mol. The van der Waals surface area contributed by atoms with E-state index in [0.717, 1.165) is 21.7 Å². The summed E-state index contributed by atoms with van der Waals surface area (Å²) in [5.74, 6) is -1.16. The van der Waals surface area contributed by atoms with Gasteiger partial charge < -0.3 is 20.0 Å². The number of nitrogens with one attached hydrogen (secondary N) is 1. The van der Waals surface area contributed by atoms with Crippen molar-refractivity contribution in [2.24, 2.45) is 0 Å². The molecule has 164 valence electrons. The summed E-state index contributed by atoms with van der Waals surface area (Å²) in [6.07, 6.45) is -6.07. The number of carbonyl (C=O) groups excluding carboxylic acids is 2. The van der Waals surface area contributed by atoms with Crippen molar-refractivity contribution < 1.29 is 22.8 Å². The van der Waals surface area contributed by atoms with Gasteiger partial charge in [0.2, 0.25) is 6.17 Å². The smallest absolute Gasteiger partial charge is 0.322 e. The predicted molar refractivity (Wildman–Crippen MR) is 111 cm³/mol. The van der Waals surface area contributed by atoms with E-state index < -0.39 is 18.5 Å². The quantitative estimate of drug-likeness (QED) is 0.805. The molecule has 3 amide bonds. The van der Waals surface area contributed by atoms with Crippen molar-refractivity contribution >= 4 is 23.3 Å². The van der Waals surface area contributed by atoms with Crippen LogP contribution in [-0.2, 0) is 17.9 Å². The van der Waals surface area contributed by atoms with Gasteiger partial charge in [-0.25, -0.2) is 18.0 Å². The first kappa shape index (κ1) is 21.0. The number of rotatable bonds is 4. The number of halogens is 3. The van der Waals surface area contributed by atoms with Crippen LogP contribution in [0.4, 0.5) is 29.3 Å². The van der Waals surface area contributed by atoms with Gasteiger partial charge in [0.05, 0.1) is 0 Å². The largest absolute Gasteiger partial charge is 0.368 e.